The summed E-state index contributed by atoms with van der Waals surface area (Å²) in [5.41, 5.74) is 0.907. The van der Waals surface area contributed by atoms with Gasteiger partial charge in [-0.25, -0.2) is 0 Å². The molecule has 2 rings (SSSR count). The summed E-state index contributed by atoms with van der Waals surface area (Å²) in [4.78, 5) is 14.3. The van der Waals surface area contributed by atoms with E-state index in [4.69, 9.17) is 10.00 Å². The van der Waals surface area contributed by atoms with Crippen LogP contribution in [0.2, 0.25) is 0 Å². The molecule has 1 amide bonds. The second-order valence-corrected chi connectivity index (χ2v) is 5.72. The third-order valence-corrected chi connectivity index (χ3v) is 4.21. The van der Waals surface area contributed by atoms with Crippen molar-refractivity contribution in [3.8, 4) is 11.8 Å². The van der Waals surface area contributed by atoms with Crippen LogP contribution < -0.4 is 4.74 Å². The summed E-state index contributed by atoms with van der Waals surface area (Å²) in [6, 6.07) is 9.06. The van der Waals surface area contributed by atoms with Crippen LogP contribution in [0.3, 0.4) is 0 Å². The molecule has 0 aromatic heterocycles. The summed E-state index contributed by atoms with van der Waals surface area (Å²) in [7, 11) is 0. The molecule has 0 aliphatic carbocycles. The molecule has 1 aromatic rings. The molecule has 22 heavy (non-hydrogen) atoms. The Labute approximate surface area is 131 Å². The van der Waals surface area contributed by atoms with Gasteiger partial charge < -0.3 is 14.7 Å². The molecule has 0 spiro atoms. The number of amides is 1. The second-order valence-electron chi connectivity index (χ2n) is 5.72. The van der Waals surface area contributed by atoms with Crippen LogP contribution in [0.1, 0.15) is 25.3 Å². The number of aliphatic hydroxyl groups is 1. The Morgan fingerprint density at radius 1 is 1.45 bits per heavy atom. The van der Waals surface area contributed by atoms with E-state index < -0.39 is 0 Å². The standard InChI is InChI=1S/C17H22N2O3/c1-13-3-2-9-19(16(13)12-20)17(21)11-14-4-6-15(7-5-14)22-10-8-18/h4-7,13,16,20H,2-3,9-12H2,1H3. The monoisotopic (exact) mass is 302 g/mol. The van der Waals surface area contributed by atoms with Crippen molar-refractivity contribution in [1.29, 1.82) is 5.26 Å². The number of likely N-dealkylation sites (tertiary alicyclic amines) is 1. The zero-order valence-corrected chi connectivity index (χ0v) is 12.9. The van der Waals surface area contributed by atoms with E-state index in [1.54, 1.807) is 12.1 Å². The highest BCUT2D eigenvalue weighted by Gasteiger charge is 2.30. The van der Waals surface area contributed by atoms with E-state index in [2.05, 4.69) is 6.92 Å². The Hall–Kier alpha value is -2.06. The molecule has 5 heteroatoms. The highest BCUT2D eigenvalue weighted by atomic mass is 16.5. The van der Waals surface area contributed by atoms with E-state index >= 15 is 0 Å². The van der Waals surface area contributed by atoms with Gasteiger partial charge >= 0.3 is 0 Å². The lowest BCUT2D eigenvalue weighted by molar-refractivity contribution is -0.136. The van der Waals surface area contributed by atoms with Gasteiger partial charge in [0.15, 0.2) is 6.61 Å². The summed E-state index contributed by atoms with van der Waals surface area (Å²) >= 11 is 0. The van der Waals surface area contributed by atoms with Gasteiger partial charge in [0.1, 0.15) is 11.8 Å². The lowest BCUT2D eigenvalue weighted by Gasteiger charge is -2.39. The topological polar surface area (TPSA) is 73.6 Å². The Bertz CT molecular complexity index is 536. The van der Waals surface area contributed by atoms with Crippen molar-refractivity contribution < 1.29 is 14.6 Å². The van der Waals surface area contributed by atoms with Crippen molar-refractivity contribution in [2.45, 2.75) is 32.2 Å². The molecule has 1 saturated heterocycles. The number of nitrogens with zero attached hydrogens (tertiary/aromatic N) is 2. The van der Waals surface area contributed by atoms with Crippen LogP contribution in [-0.2, 0) is 11.2 Å². The molecule has 5 nitrogen and oxygen atoms in total. The summed E-state index contributed by atoms with van der Waals surface area (Å²) in [6.07, 6.45) is 2.37. The van der Waals surface area contributed by atoms with Gasteiger partial charge in [0.25, 0.3) is 0 Å². The van der Waals surface area contributed by atoms with E-state index in [-0.39, 0.29) is 25.2 Å². The van der Waals surface area contributed by atoms with Crippen LogP contribution >= 0.6 is 0 Å². The molecule has 1 heterocycles. The van der Waals surface area contributed by atoms with Crippen molar-refractivity contribution in [3.05, 3.63) is 29.8 Å². The summed E-state index contributed by atoms with van der Waals surface area (Å²) in [6.45, 7) is 2.84. The predicted molar refractivity (Wildman–Crippen MR) is 82.2 cm³/mol. The fourth-order valence-corrected chi connectivity index (χ4v) is 2.93. The number of hydrogen-bond acceptors (Lipinski definition) is 4. The highest BCUT2D eigenvalue weighted by molar-refractivity contribution is 5.79. The molecular weight excluding hydrogens is 280 g/mol. The van der Waals surface area contributed by atoms with Crippen LogP contribution in [0.5, 0.6) is 5.75 Å². The Kier molecular flexibility index (Phi) is 5.79. The molecule has 0 radical (unpaired) electrons. The molecule has 1 aliphatic heterocycles. The molecule has 2 unspecified atom stereocenters. The Balaban J connectivity index is 1.97. The smallest absolute Gasteiger partial charge is 0.227 e. The van der Waals surface area contributed by atoms with Crippen molar-refractivity contribution in [2.75, 3.05) is 19.8 Å². The first-order valence-corrected chi connectivity index (χ1v) is 7.64. The van der Waals surface area contributed by atoms with Gasteiger partial charge in [-0.2, -0.15) is 5.26 Å². The number of nitriles is 1. The second kappa shape index (κ2) is 7.81. The van der Waals surface area contributed by atoms with Gasteiger partial charge in [-0.15, -0.1) is 0 Å². The average Bonchev–Trinajstić information content (AvgIpc) is 2.54. The number of aliphatic hydroxyl groups excluding tert-OH is 1. The third kappa shape index (κ3) is 3.99. The molecule has 1 fully saturated rings. The summed E-state index contributed by atoms with van der Waals surface area (Å²) in [5.74, 6) is 1.01. The van der Waals surface area contributed by atoms with E-state index in [0.717, 1.165) is 24.9 Å². The molecule has 1 aliphatic rings. The first-order chi connectivity index (χ1) is 10.7. The Morgan fingerprint density at radius 3 is 2.82 bits per heavy atom. The summed E-state index contributed by atoms with van der Waals surface area (Å²) in [5, 5.41) is 18.0. The Morgan fingerprint density at radius 2 is 2.18 bits per heavy atom. The first kappa shape index (κ1) is 16.3. The van der Waals surface area contributed by atoms with Gasteiger partial charge in [0.05, 0.1) is 19.1 Å². The third-order valence-electron chi connectivity index (χ3n) is 4.21. The number of piperidine rings is 1. The lowest BCUT2D eigenvalue weighted by atomic mass is 9.91. The number of carbonyl (C=O) groups is 1. The van der Waals surface area contributed by atoms with Gasteiger partial charge in [-0.05, 0) is 36.5 Å². The minimum Gasteiger partial charge on any atom is -0.479 e. The van der Waals surface area contributed by atoms with Crippen LogP contribution in [0.15, 0.2) is 24.3 Å². The van der Waals surface area contributed by atoms with E-state index in [0.29, 0.717) is 18.1 Å². The molecule has 0 bridgehead atoms. The predicted octanol–water partition coefficient (Wildman–Crippen LogP) is 1.75. The minimum atomic E-state index is -0.0699. The van der Waals surface area contributed by atoms with E-state index in [9.17, 15) is 9.90 Å². The van der Waals surface area contributed by atoms with Gasteiger partial charge in [-0.1, -0.05) is 19.1 Å². The molecule has 2 atom stereocenters. The SMILES string of the molecule is CC1CCCN(C(=O)Cc2ccc(OCC#N)cc2)C1CO. The number of ether oxygens (including phenoxy) is 1. The maximum Gasteiger partial charge on any atom is 0.227 e. The van der Waals surface area contributed by atoms with Crippen molar-refractivity contribution in [2.24, 2.45) is 5.92 Å². The number of hydrogen-bond donors (Lipinski definition) is 1. The van der Waals surface area contributed by atoms with Crippen molar-refractivity contribution >= 4 is 5.91 Å². The minimum absolute atomic E-state index is 0.0160. The van der Waals surface area contributed by atoms with Crippen LogP contribution in [0, 0.1) is 17.2 Å². The van der Waals surface area contributed by atoms with E-state index in [1.807, 2.05) is 23.1 Å². The largest absolute Gasteiger partial charge is 0.479 e. The fourth-order valence-electron chi connectivity index (χ4n) is 2.93. The number of rotatable bonds is 5. The van der Waals surface area contributed by atoms with Crippen LogP contribution in [0.4, 0.5) is 0 Å². The van der Waals surface area contributed by atoms with Gasteiger partial charge in [-0.3, -0.25) is 4.79 Å². The lowest BCUT2D eigenvalue weighted by Crippen LogP contribution is -2.50. The first-order valence-electron chi connectivity index (χ1n) is 7.64. The van der Waals surface area contributed by atoms with Crippen LogP contribution in [0.25, 0.3) is 0 Å². The van der Waals surface area contributed by atoms with Gasteiger partial charge in [0, 0.05) is 6.54 Å². The van der Waals surface area contributed by atoms with Gasteiger partial charge in [0.2, 0.25) is 5.91 Å². The quantitative estimate of drug-likeness (QED) is 0.899. The summed E-state index contributed by atoms with van der Waals surface area (Å²) < 4.78 is 5.19. The van der Waals surface area contributed by atoms with E-state index in [1.165, 1.54) is 0 Å². The number of carbonyl (C=O) groups excluding carboxylic acids is 1. The maximum atomic E-state index is 12.5. The van der Waals surface area contributed by atoms with Crippen molar-refractivity contribution in [3.63, 3.8) is 0 Å². The number of benzene rings is 1. The highest BCUT2D eigenvalue weighted by Crippen LogP contribution is 2.24. The van der Waals surface area contributed by atoms with Crippen molar-refractivity contribution in [1.82, 2.24) is 4.90 Å². The maximum absolute atomic E-state index is 12.5. The average molecular weight is 302 g/mol. The fraction of sp³-hybridized carbons (Fsp3) is 0.529. The zero-order chi connectivity index (χ0) is 15.9. The molecule has 1 N–H and O–H groups in total. The van der Waals surface area contributed by atoms with Crippen LogP contribution in [-0.4, -0.2) is 41.7 Å². The zero-order valence-electron chi connectivity index (χ0n) is 12.9. The molecule has 1 aromatic carbocycles. The molecular formula is C17H22N2O3. The molecule has 0 saturated carbocycles. The normalized spacial score (nSPS) is 21.2. The molecule has 118 valence electrons.